The van der Waals surface area contributed by atoms with Crippen molar-refractivity contribution in [1.82, 2.24) is 9.55 Å². The van der Waals surface area contributed by atoms with Gasteiger partial charge in [0, 0.05) is 29.7 Å². The highest BCUT2D eigenvalue weighted by Gasteiger charge is 2.20. The molecule has 8 heteroatoms. The fraction of sp³-hybridized carbons (Fsp3) is 0.227. The molecular formula is C22H21N3O4S. The molecule has 0 radical (unpaired) electrons. The van der Waals surface area contributed by atoms with Crippen LogP contribution in [0.4, 0.5) is 5.69 Å². The zero-order valence-corrected chi connectivity index (χ0v) is 17.7. The van der Waals surface area contributed by atoms with Gasteiger partial charge in [-0.2, -0.15) is 0 Å². The SMILES string of the molecule is CC(=O)c1cc2c(cc1NC(=O)CSc1nccn1-c1cc(C)cc(C)c1)OCO2. The van der Waals surface area contributed by atoms with Crippen LogP contribution in [-0.4, -0.2) is 33.8 Å². The molecule has 30 heavy (non-hydrogen) atoms. The molecule has 4 rings (SSSR count). The van der Waals surface area contributed by atoms with Gasteiger partial charge in [0.05, 0.1) is 11.4 Å². The van der Waals surface area contributed by atoms with E-state index in [2.05, 4.69) is 28.5 Å². The number of nitrogens with one attached hydrogen (secondary N) is 1. The second kappa shape index (κ2) is 8.23. The maximum Gasteiger partial charge on any atom is 0.234 e. The van der Waals surface area contributed by atoms with Gasteiger partial charge < -0.3 is 14.8 Å². The molecule has 3 aromatic rings. The van der Waals surface area contributed by atoms with Crippen LogP contribution in [0.3, 0.4) is 0 Å². The van der Waals surface area contributed by atoms with E-state index >= 15 is 0 Å². The van der Waals surface area contributed by atoms with Crippen molar-refractivity contribution in [2.24, 2.45) is 0 Å². The lowest BCUT2D eigenvalue weighted by Crippen LogP contribution is -2.16. The minimum absolute atomic E-state index is 0.0982. The Bertz CT molecular complexity index is 1120. The number of hydrogen-bond acceptors (Lipinski definition) is 6. The maximum atomic E-state index is 12.6. The molecule has 0 aliphatic carbocycles. The van der Waals surface area contributed by atoms with E-state index in [0.29, 0.717) is 27.9 Å². The van der Waals surface area contributed by atoms with Gasteiger partial charge in [-0.05, 0) is 50.1 Å². The third kappa shape index (κ3) is 4.18. The summed E-state index contributed by atoms with van der Waals surface area (Å²) in [6.45, 7) is 5.64. The topological polar surface area (TPSA) is 82.5 Å². The molecule has 0 saturated carbocycles. The second-order valence-corrected chi connectivity index (χ2v) is 8.01. The van der Waals surface area contributed by atoms with Gasteiger partial charge in [0.25, 0.3) is 0 Å². The lowest BCUT2D eigenvalue weighted by molar-refractivity contribution is -0.113. The highest BCUT2D eigenvalue weighted by atomic mass is 32.2. The summed E-state index contributed by atoms with van der Waals surface area (Å²) in [6.07, 6.45) is 3.59. The number of ketones is 1. The van der Waals surface area contributed by atoms with E-state index < -0.39 is 0 Å². The summed E-state index contributed by atoms with van der Waals surface area (Å²) in [7, 11) is 0. The Morgan fingerprint density at radius 3 is 2.50 bits per heavy atom. The van der Waals surface area contributed by atoms with Gasteiger partial charge in [0.1, 0.15) is 0 Å². The van der Waals surface area contributed by atoms with Crippen molar-refractivity contribution in [3.05, 3.63) is 59.4 Å². The number of carbonyl (C=O) groups is 2. The number of fused-ring (bicyclic) bond motifs is 1. The fourth-order valence-corrected chi connectivity index (χ4v) is 4.11. The molecule has 0 saturated heterocycles. The number of anilines is 1. The first-order valence-corrected chi connectivity index (χ1v) is 10.4. The Kier molecular flexibility index (Phi) is 5.50. The van der Waals surface area contributed by atoms with Crippen molar-refractivity contribution < 1.29 is 19.1 Å². The van der Waals surface area contributed by atoms with Gasteiger partial charge in [-0.25, -0.2) is 4.98 Å². The third-order valence-electron chi connectivity index (χ3n) is 4.59. The molecule has 0 bridgehead atoms. The van der Waals surface area contributed by atoms with E-state index in [1.807, 2.05) is 24.6 Å². The van der Waals surface area contributed by atoms with Gasteiger partial charge in [-0.3, -0.25) is 14.2 Å². The standard InChI is InChI=1S/C22H21N3O4S/c1-13-6-14(2)8-16(7-13)25-5-4-23-22(25)30-11-21(27)24-18-10-20-19(28-12-29-20)9-17(18)15(3)26/h4-10H,11-12H2,1-3H3,(H,24,27). The number of Topliss-reactive ketones (excluding diaryl/α,β-unsaturated/α-hetero) is 1. The summed E-state index contributed by atoms with van der Waals surface area (Å²) in [5.74, 6) is 0.752. The number of ether oxygens (including phenoxy) is 2. The normalized spacial score (nSPS) is 12.1. The highest BCUT2D eigenvalue weighted by molar-refractivity contribution is 7.99. The van der Waals surface area contributed by atoms with E-state index in [-0.39, 0.29) is 24.2 Å². The summed E-state index contributed by atoms with van der Waals surface area (Å²) in [6, 6.07) is 9.48. The van der Waals surface area contributed by atoms with E-state index in [1.165, 1.54) is 18.7 Å². The number of amides is 1. The number of benzene rings is 2. The Labute approximate surface area is 178 Å². The van der Waals surface area contributed by atoms with Crippen LogP contribution in [0.1, 0.15) is 28.4 Å². The Balaban J connectivity index is 1.48. The number of aryl methyl sites for hydroxylation is 2. The maximum absolute atomic E-state index is 12.6. The summed E-state index contributed by atoms with van der Waals surface area (Å²) in [5.41, 5.74) is 4.12. The highest BCUT2D eigenvalue weighted by Crippen LogP contribution is 2.37. The minimum Gasteiger partial charge on any atom is -0.454 e. The molecule has 1 aromatic heterocycles. The zero-order chi connectivity index (χ0) is 21.3. The molecule has 1 aliphatic heterocycles. The molecule has 0 atom stereocenters. The lowest BCUT2D eigenvalue weighted by Gasteiger charge is -2.12. The minimum atomic E-state index is -0.240. The average Bonchev–Trinajstić information content (AvgIpc) is 3.33. The molecule has 7 nitrogen and oxygen atoms in total. The van der Waals surface area contributed by atoms with Gasteiger partial charge in [-0.1, -0.05) is 17.8 Å². The van der Waals surface area contributed by atoms with Gasteiger partial charge in [0.15, 0.2) is 22.4 Å². The van der Waals surface area contributed by atoms with Crippen LogP contribution in [0.15, 0.2) is 47.9 Å². The fourth-order valence-electron chi connectivity index (χ4n) is 3.34. The summed E-state index contributed by atoms with van der Waals surface area (Å²) in [5, 5.41) is 3.52. The Morgan fingerprint density at radius 1 is 1.10 bits per heavy atom. The zero-order valence-electron chi connectivity index (χ0n) is 16.9. The van der Waals surface area contributed by atoms with Crippen molar-refractivity contribution in [2.75, 3.05) is 17.9 Å². The first-order chi connectivity index (χ1) is 14.4. The molecule has 2 heterocycles. The van der Waals surface area contributed by atoms with Crippen molar-refractivity contribution in [3.63, 3.8) is 0 Å². The van der Waals surface area contributed by atoms with Crippen molar-refractivity contribution in [2.45, 2.75) is 25.9 Å². The number of carbonyl (C=O) groups excluding carboxylic acids is 2. The average molecular weight is 423 g/mol. The molecule has 154 valence electrons. The molecule has 0 spiro atoms. The van der Waals surface area contributed by atoms with Crippen LogP contribution < -0.4 is 14.8 Å². The Morgan fingerprint density at radius 2 is 1.80 bits per heavy atom. The molecular weight excluding hydrogens is 402 g/mol. The predicted molar refractivity (Wildman–Crippen MR) is 115 cm³/mol. The molecule has 1 amide bonds. The van der Waals surface area contributed by atoms with Gasteiger partial charge in [0.2, 0.25) is 12.7 Å². The van der Waals surface area contributed by atoms with Gasteiger partial charge in [-0.15, -0.1) is 0 Å². The number of nitrogens with zero attached hydrogens (tertiary/aromatic N) is 2. The predicted octanol–water partition coefficient (Wildman–Crippen LogP) is 4.15. The van der Waals surface area contributed by atoms with Crippen molar-refractivity contribution in [3.8, 4) is 17.2 Å². The van der Waals surface area contributed by atoms with Crippen molar-refractivity contribution >= 4 is 29.1 Å². The number of imidazole rings is 1. The molecule has 0 unspecified atom stereocenters. The third-order valence-corrected chi connectivity index (χ3v) is 5.56. The van der Waals surface area contributed by atoms with Crippen LogP contribution in [0.5, 0.6) is 11.5 Å². The quantitative estimate of drug-likeness (QED) is 0.474. The first kappa shape index (κ1) is 20.0. The van der Waals surface area contributed by atoms with Crippen molar-refractivity contribution in [1.29, 1.82) is 0 Å². The molecule has 1 aliphatic rings. The van der Waals surface area contributed by atoms with Crippen LogP contribution in [0, 0.1) is 13.8 Å². The summed E-state index contributed by atoms with van der Waals surface area (Å²) in [4.78, 5) is 28.9. The number of thioether (sulfide) groups is 1. The molecule has 2 aromatic carbocycles. The van der Waals surface area contributed by atoms with E-state index in [0.717, 1.165) is 16.8 Å². The second-order valence-electron chi connectivity index (χ2n) is 7.07. The number of rotatable bonds is 6. The first-order valence-electron chi connectivity index (χ1n) is 9.40. The van der Waals surface area contributed by atoms with Gasteiger partial charge >= 0.3 is 0 Å². The molecule has 0 fully saturated rings. The van der Waals surface area contributed by atoms with E-state index in [9.17, 15) is 9.59 Å². The summed E-state index contributed by atoms with van der Waals surface area (Å²) < 4.78 is 12.6. The number of hydrogen-bond donors (Lipinski definition) is 1. The largest absolute Gasteiger partial charge is 0.454 e. The summed E-state index contributed by atoms with van der Waals surface area (Å²) >= 11 is 1.33. The Hall–Kier alpha value is -3.26. The van der Waals surface area contributed by atoms with Crippen LogP contribution in [-0.2, 0) is 4.79 Å². The number of aromatic nitrogens is 2. The monoisotopic (exact) mass is 423 g/mol. The van der Waals surface area contributed by atoms with E-state index in [1.54, 1.807) is 18.3 Å². The van der Waals surface area contributed by atoms with Crippen LogP contribution in [0.25, 0.3) is 5.69 Å². The van der Waals surface area contributed by atoms with Crippen LogP contribution >= 0.6 is 11.8 Å². The smallest absolute Gasteiger partial charge is 0.234 e. The van der Waals surface area contributed by atoms with E-state index in [4.69, 9.17) is 9.47 Å². The molecule has 1 N–H and O–H groups in total. The lowest BCUT2D eigenvalue weighted by atomic mass is 10.1. The van der Waals surface area contributed by atoms with Crippen LogP contribution in [0.2, 0.25) is 0 Å².